The molecule has 2 N–H and O–H groups in total. The van der Waals surface area contributed by atoms with E-state index < -0.39 is 0 Å². The molecule has 10 heteroatoms. The fraction of sp³-hybridized carbons (Fsp3) is 0.273. The molecule has 1 aliphatic rings. The van der Waals surface area contributed by atoms with E-state index in [4.69, 9.17) is 27.9 Å². The molecule has 2 amide bonds. The Balaban J connectivity index is 1.62. The molecule has 166 valence electrons. The van der Waals surface area contributed by atoms with Gasteiger partial charge in [-0.05, 0) is 56.2 Å². The second-order valence-corrected chi connectivity index (χ2v) is 8.13. The maximum atomic E-state index is 12.7. The minimum absolute atomic E-state index is 0.0243. The quantitative estimate of drug-likeness (QED) is 0.518. The van der Waals surface area contributed by atoms with Crippen LogP contribution >= 0.6 is 23.2 Å². The Morgan fingerprint density at radius 3 is 2.50 bits per heavy atom. The van der Waals surface area contributed by atoms with Crippen molar-refractivity contribution in [2.24, 2.45) is 0 Å². The third kappa shape index (κ3) is 5.03. The van der Waals surface area contributed by atoms with E-state index in [9.17, 15) is 9.59 Å². The highest BCUT2D eigenvalue weighted by Crippen LogP contribution is 2.27. The number of benzene rings is 2. The van der Waals surface area contributed by atoms with Crippen LogP contribution in [0.3, 0.4) is 0 Å². The number of halogens is 2. The molecule has 4 rings (SSSR count). The lowest BCUT2D eigenvalue weighted by atomic mass is 10.2. The van der Waals surface area contributed by atoms with Gasteiger partial charge in [-0.25, -0.2) is 4.68 Å². The SMILES string of the molecule is CCNC(=O)c1ccc(-n2nnc(C(=O)NC3CC3)c2COc2ccc(Cl)c(Cl)c2)cc1. The molecule has 1 heterocycles. The molecule has 0 atom stereocenters. The van der Waals surface area contributed by atoms with Gasteiger partial charge in [-0.1, -0.05) is 28.4 Å². The van der Waals surface area contributed by atoms with Crippen molar-refractivity contribution in [1.82, 2.24) is 25.6 Å². The molecule has 0 saturated heterocycles. The van der Waals surface area contributed by atoms with E-state index in [1.807, 2.05) is 6.92 Å². The molecule has 8 nitrogen and oxygen atoms in total. The minimum atomic E-state index is -0.301. The molecule has 3 aromatic rings. The van der Waals surface area contributed by atoms with Gasteiger partial charge in [0, 0.05) is 24.2 Å². The third-order valence-electron chi connectivity index (χ3n) is 4.87. The number of ether oxygens (including phenoxy) is 1. The highest BCUT2D eigenvalue weighted by molar-refractivity contribution is 6.42. The number of nitrogens with zero attached hydrogens (tertiary/aromatic N) is 3. The van der Waals surface area contributed by atoms with Gasteiger partial charge in [0.15, 0.2) is 5.69 Å². The number of hydrogen-bond acceptors (Lipinski definition) is 5. The molecule has 1 aliphatic carbocycles. The summed E-state index contributed by atoms with van der Waals surface area (Å²) >= 11 is 12.0. The number of aromatic nitrogens is 3. The van der Waals surface area contributed by atoms with Crippen LogP contribution in [-0.2, 0) is 6.61 Å². The third-order valence-corrected chi connectivity index (χ3v) is 5.61. The number of carbonyl (C=O) groups excluding carboxylic acids is 2. The first kappa shape index (κ1) is 22.1. The first-order valence-corrected chi connectivity index (χ1v) is 10.9. The molecule has 32 heavy (non-hydrogen) atoms. The number of hydrogen-bond donors (Lipinski definition) is 2. The van der Waals surface area contributed by atoms with Crippen LogP contribution in [0.2, 0.25) is 10.0 Å². The Labute approximate surface area is 194 Å². The summed E-state index contributed by atoms with van der Waals surface area (Å²) in [7, 11) is 0. The Hall–Kier alpha value is -3.10. The lowest BCUT2D eigenvalue weighted by Gasteiger charge is -2.11. The summed E-state index contributed by atoms with van der Waals surface area (Å²) in [5.41, 5.74) is 1.82. The molecule has 0 bridgehead atoms. The summed E-state index contributed by atoms with van der Waals surface area (Å²) in [6.07, 6.45) is 1.91. The smallest absolute Gasteiger partial charge is 0.274 e. The van der Waals surface area contributed by atoms with Crippen LogP contribution in [0.5, 0.6) is 5.75 Å². The van der Waals surface area contributed by atoms with Gasteiger partial charge in [0.25, 0.3) is 11.8 Å². The van der Waals surface area contributed by atoms with E-state index >= 15 is 0 Å². The Bertz CT molecular complexity index is 1140. The molecule has 1 aromatic heterocycles. The van der Waals surface area contributed by atoms with Crippen molar-refractivity contribution in [2.75, 3.05) is 6.54 Å². The van der Waals surface area contributed by atoms with Crippen molar-refractivity contribution in [2.45, 2.75) is 32.4 Å². The van der Waals surface area contributed by atoms with Gasteiger partial charge in [0.05, 0.1) is 15.7 Å². The second-order valence-electron chi connectivity index (χ2n) is 7.32. The largest absolute Gasteiger partial charge is 0.487 e. The van der Waals surface area contributed by atoms with Crippen molar-refractivity contribution in [3.05, 3.63) is 69.5 Å². The van der Waals surface area contributed by atoms with Crippen LogP contribution in [0.1, 0.15) is 46.3 Å². The lowest BCUT2D eigenvalue weighted by molar-refractivity contribution is 0.0939. The van der Waals surface area contributed by atoms with Crippen molar-refractivity contribution in [3.63, 3.8) is 0 Å². The normalized spacial score (nSPS) is 13.0. The van der Waals surface area contributed by atoms with Gasteiger partial charge in [-0.3, -0.25) is 9.59 Å². The van der Waals surface area contributed by atoms with Crippen LogP contribution < -0.4 is 15.4 Å². The first-order chi connectivity index (χ1) is 15.5. The molecule has 0 unspecified atom stereocenters. The zero-order valence-electron chi connectivity index (χ0n) is 17.3. The van der Waals surface area contributed by atoms with Crippen LogP contribution in [-0.4, -0.2) is 39.4 Å². The zero-order valence-corrected chi connectivity index (χ0v) is 18.8. The molecule has 0 spiro atoms. The molecule has 1 fully saturated rings. The Morgan fingerprint density at radius 1 is 1.09 bits per heavy atom. The number of carbonyl (C=O) groups is 2. The average molecular weight is 474 g/mol. The van der Waals surface area contributed by atoms with Crippen LogP contribution in [0.25, 0.3) is 5.69 Å². The maximum Gasteiger partial charge on any atom is 0.274 e. The summed E-state index contributed by atoms with van der Waals surface area (Å²) in [5, 5.41) is 14.7. The summed E-state index contributed by atoms with van der Waals surface area (Å²) in [4.78, 5) is 24.7. The van der Waals surface area contributed by atoms with Crippen molar-refractivity contribution < 1.29 is 14.3 Å². The first-order valence-electron chi connectivity index (χ1n) is 10.2. The van der Waals surface area contributed by atoms with Crippen LogP contribution in [0, 0.1) is 0 Å². The molecule has 1 saturated carbocycles. The number of nitrogens with one attached hydrogen (secondary N) is 2. The summed E-state index contributed by atoms with van der Waals surface area (Å²) in [6, 6.07) is 12.0. The highest BCUT2D eigenvalue weighted by atomic mass is 35.5. The zero-order chi connectivity index (χ0) is 22.7. The summed E-state index contributed by atoms with van der Waals surface area (Å²) in [5.74, 6) is 0.0306. The van der Waals surface area contributed by atoms with Gasteiger partial charge in [0.1, 0.15) is 18.1 Å². The van der Waals surface area contributed by atoms with Gasteiger partial charge in [-0.2, -0.15) is 0 Å². The van der Waals surface area contributed by atoms with Gasteiger partial charge in [-0.15, -0.1) is 5.10 Å². The van der Waals surface area contributed by atoms with Gasteiger partial charge >= 0.3 is 0 Å². The molecule has 0 aliphatic heterocycles. The predicted octanol–water partition coefficient (Wildman–Crippen LogP) is 3.80. The average Bonchev–Trinajstić information content (AvgIpc) is 3.50. The molecule has 2 aromatic carbocycles. The van der Waals surface area contributed by atoms with E-state index in [2.05, 4.69) is 20.9 Å². The van der Waals surface area contributed by atoms with Gasteiger partial charge < -0.3 is 15.4 Å². The monoisotopic (exact) mass is 473 g/mol. The Morgan fingerprint density at radius 2 is 1.84 bits per heavy atom. The predicted molar refractivity (Wildman–Crippen MR) is 121 cm³/mol. The minimum Gasteiger partial charge on any atom is -0.487 e. The molecule has 0 radical (unpaired) electrons. The topological polar surface area (TPSA) is 98.1 Å². The van der Waals surface area contributed by atoms with Gasteiger partial charge in [0.2, 0.25) is 0 Å². The fourth-order valence-corrected chi connectivity index (χ4v) is 3.32. The van der Waals surface area contributed by atoms with E-state index in [1.54, 1.807) is 42.5 Å². The summed E-state index contributed by atoms with van der Waals surface area (Å²) < 4.78 is 7.39. The highest BCUT2D eigenvalue weighted by Gasteiger charge is 2.28. The molecular weight excluding hydrogens is 453 g/mol. The van der Waals surface area contributed by atoms with E-state index in [0.717, 1.165) is 12.8 Å². The van der Waals surface area contributed by atoms with Crippen molar-refractivity contribution in [1.29, 1.82) is 0 Å². The van der Waals surface area contributed by atoms with Crippen LogP contribution in [0.4, 0.5) is 0 Å². The number of amides is 2. The second kappa shape index (κ2) is 9.58. The number of rotatable bonds is 8. The van der Waals surface area contributed by atoms with Crippen molar-refractivity contribution >= 4 is 35.0 Å². The molecular formula is C22H21Cl2N5O3. The van der Waals surface area contributed by atoms with Crippen molar-refractivity contribution in [3.8, 4) is 11.4 Å². The van der Waals surface area contributed by atoms with Crippen LogP contribution in [0.15, 0.2) is 42.5 Å². The lowest BCUT2D eigenvalue weighted by Crippen LogP contribution is -2.27. The summed E-state index contributed by atoms with van der Waals surface area (Å²) in [6.45, 7) is 2.42. The standard InChI is InChI=1S/C22H21Cl2N5O3/c1-2-25-21(30)13-3-7-15(8-4-13)29-19(12-32-16-9-10-17(23)18(24)11-16)20(27-28-29)22(31)26-14-5-6-14/h3-4,7-11,14H,2,5-6,12H2,1H3,(H,25,30)(H,26,31). The Kier molecular flexibility index (Phi) is 6.62. The fourth-order valence-electron chi connectivity index (χ4n) is 3.03. The van der Waals surface area contributed by atoms with E-state index in [0.29, 0.717) is 39.3 Å². The van der Waals surface area contributed by atoms with E-state index in [-0.39, 0.29) is 30.2 Å². The van der Waals surface area contributed by atoms with E-state index in [1.165, 1.54) is 4.68 Å². The maximum absolute atomic E-state index is 12.7.